The Morgan fingerprint density at radius 2 is 2.00 bits per heavy atom. The SMILES string of the molecule is Cc1ccc(-c2nn(-c3ccccc3Br)cc2N)o1. The second-order valence-electron chi connectivity index (χ2n) is 4.24. The van der Waals surface area contributed by atoms with Crippen LogP contribution >= 0.6 is 15.9 Å². The lowest BCUT2D eigenvalue weighted by atomic mass is 10.3. The number of hydrogen-bond acceptors (Lipinski definition) is 3. The Kier molecular flexibility index (Phi) is 2.91. The lowest BCUT2D eigenvalue weighted by molar-refractivity contribution is 0.546. The first-order chi connectivity index (χ1) is 9.15. The van der Waals surface area contributed by atoms with Crippen molar-refractivity contribution in [3.05, 3.63) is 52.8 Å². The van der Waals surface area contributed by atoms with Crippen molar-refractivity contribution in [2.45, 2.75) is 6.92 Å². The number of benzene rings is 1. The van der Waals surface area contributed by atoms with E-state index in [1.807, 2.05) is 43.3 Å². The largest absolute Gasteiger partial charge is 0.460 e. The summed E-state index contributed by atoms with van der Waals surface area (Å²) in [5.74, 6) is 1.52. The molecule has 0 aliphatic carbocycles. The summed E-state index contributed by atoms with van der Waals surface area (Å²) in [6, 6.07) is 11.6. The summed E-state index contributed by atoms with van der Waals surface area (Å²) < 4.78 is 8.26. The Bertz CT molecular complexity index is 730. The molecule has 2 aromatic heterocycles. The number of aryl methyl sites for hydroxylation is 1. The fourth-order valence-corrected chi connectivity index (χ4v) is 2.37. The van der Waals surface area contributed by atoms with Crippen LogP contribution in [0.15, 0.2) is 51.5 Å². The minimum Gasteiger partial charge on any atom is -0.460 e. The van der Waals surface area contributed by atoms with Crippen molar-refractivity contribution in [1.82, 2.24) is 9.78 Å². The number of anilines is 1. The number of para-hydroxylation sites is 1. The summed E-state index contributed by atoms with van der Waals surface area (Å²) in [6.07, 6.45) is 1.78. The van der Waals surface area contributed by atoms with E-state index >= 15 is 0 Å². The van der Waals surface area contributed by atoms with E-state index in [4.69, 9.17) is 10.2 Å². The first-order valence-electron chi connectivity index (χ1n) is 5.82. The highest BCUT2D eigenvalue weighted by Gasteiger charge is 2.13. The molecule has 0 aliphatic rings. The van der Waals surface area contributed by atoms with Crippen molar-refractivity contribution >= 4 is 21.6 Å². The van der Waals surface area contributed by atoms with Gasteiger partial charge in [-0.3, -0.25) is 0 Å². The molecule has 1 aromatic carbocycles. The van der Waals surface area contributed by atoms with Gasteiger partial charge in [-0.1, -0.05) is 12.1 Å². The van der Waals surface area contributed by atoms with Gasteiger partial charge in [0.15, 0.2) is 11.5 Å². The zero-order valence-corrected chi connectivity index (χ0v) is 11.9. The molecule has 2 heterocycles. The zero-order chi connectivity index (χ0) is 13.4. The predicted molar refractivity (Wildman–Crippen MR) is 78.1 cm³/mol. The molecule has 0 bridgehead atoms. The van der Waals surface area contributed by atoms with Crippen LogP contribution in [0.3, 0.4) is 0 Å². The maximum atomic E-state index is 6.01. The number of aromatic nitrogens is 2. The number of nitrogens with zero attached hydrogens (tertiary/aromatic N) is 2. The molecule has 0 atom stereocenters. The molecular formula is C14H12BrN3O. The van der Waals surface area contributed by atoms with E-state index in [-0.39, 0.29) is 0 Å². The highest BCUT2D eigenvalue weighted by atomic mass is 79.9. The molecule has 2 N–H and O–H groups in total. The molecule has 3 aromatic rings. The van der Waals surface area contributed by atoms with Crippen LogP contribution in [0.1, 0.15) is 5.76 Å². The number of halogens is 1. The van der Waals surface area contributed by atoms with Gasteiger partial charge in [-0.25, -0.2) is 4.68 Å². The van der Waals surface area contributed by atoms with Crippen molar-refractivity contribution in [2.75, 3.05) is 5.73 Å². The van der Waals surface area contributed by atoms with E-state index in [1.54, 1.807) is 10.9 Å². The lowest BCUT2D eigenvalue weighted by Gasteiger charge is -2.02. The van der Waals surface area contributed by atoms with Crippen LogP contribution in [0.5, 0.6) is 0 Å². The van der Waals surface area contributed by atoms with Crippen LogP contribution in [0.25, 0.3) is 17.1 Å². The molecule has 0 amide bonds. The minimum absolute atomic E-state index is 0.588. The molecule has 0 fully saturated rings. The van der Waals surface area contributed by atoms with Crippen LogP contribution in [-0.4, -0.2) is 9.78 Å². The Morgan fingerprint density at radius 3 is 2.68 bits per heavy atom. The average molecular weight is 318 g/mol. The van der Waals surface area contributed by atoms with E-state index < -0.39 is 0 Å². The normalized spacial score (nSPS) is 10.8. The molecule has 0 aliphatic heterocycles. The van der Waals surface area contributed by atoms with Crippen LogP contribution in [-0.2, 0) is 0 Å². The third kappa shape index (κ3) is 2.17. The smallest absolute Gasteiger partial charge is 0.156 e. The number of nitrogens with two attached hydrogens (primary N) is 1. The summed E-state index contributed by atoms with van der Waals surface area (Å²) in [6.45, 7) is 1.89. The first-order valence-corrected chi connectivity index (χ1v) is 6.61. The Balaban J connectivity index is 2.10. The molecule has 0 radical (unpaired) electrons. The Hall–Kier alpha value is -2.01. The van der Waals surface area contributed by atoms with Gasteiger partial charge in [-0.2, -0.15) is 5.10 Å². The molecule has 4 nitrogen and oxygen atoms in total. The van der Waals surface area contributed by atoms with Gasteiger partial charge in [0.1, 0.15) is 5.76 Å². The standard InChI is InChI=1S/C14H12BrN3O/c1-9-6-7-13(19-9)14-11(16)8-18(17-14)12-5-3-2-4-10(12)15/h2-8H,16H2,1H3. The number of hydrogen-bond donors (Lipinski definition) is 1. The zero-order valence-electron chi connectivity index (χ0n) is 10.3. The van der Waals surface area contributed by atoms with E-state index in [1.165, 1.54) is 0 Å². The average Bonchev–Trinajstić information content (AvgIpc) is 2.96. The molecule has 19 heavy (non-hydrogen) atoms. The van der Waals surface area contributed by atoms with E-state index in [0.29, 0.717) is 17.1 Å². The summed E-state index contributed by atoms with van der Waals surface area (Å²) in [4.78, 5) is 0. The van der Waals surface area contributed by atoms with Gasteiger partial charge in [0.25, 0.3) is 0 Å². The Morgan fingerprint density at radius 1 is 1.21 bits per heavy atom. The molecule has 0 saturated carbocycles. The summed E-state index contributed by atoms with van der Waals surface area (Å²) in [7, 11) is 0. The number of furan rings is 1. The molecular weight excluding hydrogens is 306 g/mol. The van der Waals surface area contributed by atoms with Crippen molar-refractivity contribution in [1.29, 1.82) is 0 Å². The summed E-state index contributed by atoms with van der Waals surface area (Å²) in [5, 5.41) is 4.49. The summed E-state index contributed by atoms with van der Waals surface area (Å²) in [5.41, 5.74) is 8.19. The highest BCUT2D eigenvalue weighted by molar-refractivity contribution is 9.10. The quantitative estimate of drug-likeness (QED) is 0.782. The van der Waals surface area contributed by atoms with Crippen molar-refractivity contribution in [3.63, 3.8) is 0 Å². The second-order valence-corrected chi connectivity index (χ2v) is 5.09. The van der Waals surface area contributed by atoms with Crippen molar-refractivity contribution < 1.29 is 4.42 Å². The molecule has 3 rings (SSSR count). The molecule has 0 saturated heterocycles. The van der Waals surface area contributed by atoms with Crippen molar-refractivity contribution in [3.8, 4) is 17.1 Å². The van der Waals surface area contributed by atoms with Crippen LogP contribution in [0, 0.1) is 6.92 Å². The lowest BCUT2D eigenvalue weighted by Crippen LogP contribution is -1.95. The van der Waals surface area contributed by atoms with E-state index in [9.17, 15) is 0 Å². The fourth-order valence-electron chi connectivity index (χ4n) is 1.90. The van der Waals surface area contributed by atoms with Gasteiger partial charge >= 0.3 is 0 Å². The van der Waals surface area contributed by atoms with Gasteiger partial charge < -0.3 is 10.2 Å². The van der Waals surface area contributed by atoms with Crippen LogP contribution in [0.2, 0.25) is 0 Å². The third-order valence-electron chi connectivity index (χ3n) is 2.82. The molecule has 0 unspecified atom stereocenters. The summed E-state index contributed by atoms with van der Waals surface area (Å²) >= 11 is 3.50. The third-order valence-corrected chi connectivity index (χ3v) is 3.49. The predicted octanol–water partition coefficient (Wildman–Crippen LogP) is 3.79. The van der Waals surface area contributed by atoms with Crippen molar-refractivity contribution in [2.24, 2.45) is 0 Å². The maximum Gasteiger partial charge on any atom is 0.156 e. The minimum atomic E-state index is 0.588. The van der Waals surface area contributed by atoms with E-state index in [0.717, 1.165) is 15.9 Å². The second kappa shape index (κ2) is 4.59. The van der Waals surface area contributed by atoms with Gasteiger partial charge in [0, 0.05) is 4.47 Å². The van der Waals surface area contributed by atoms with Crippen LogP contribution < -0.4 is 5.73 Å². The van der Waals surface area contributed by atoms with E-state index in [2.05, 4.69) is 21.0 Å². The van der Waals surface area contributed by atoms with Gasteiger partial charge in [-0.05, 0) is 47.1 Å². The highest BCUT2D eigenvalue weighted by Crippen LogP contribution is 2.28. The van der Waals surface area contributed by atoms with Gasteiger partial charge in [-0.15, -0.1) is 0 Å². The fraction of sp³-hybridized carbons (Fsp3) is 0.0714. The van der Waals surface area contributed by atoms with Gasteiger partial charge in [0.05, 0.1) is 17.6 Å². The van der Waals surface area contributed by atoms with Crippen LogP contribution in [0.4, 0.5) is 5.69 Å². The topological polar surface area (TPSA) is 57.0 Å². The Labute approximate surface area is 119 Å². The number of nitrogen functional groups attached to an aromatic ring is 1. The van der Waals surface area contributed by atoms with Gasteiger partial charge in [0.2, 0.25) is 0 Å². The maximum absolute atomic E-state index is 6.01. The molecule has 96 valence electrons. The number of rotatable bonds is 2. The monoisotopic (exact) mass is 317 g/mol. The molecule has 5 heteroatoms. The molecule has 0 spiro atoms. The first kappa shape index (κ1) is 12.0.